The van der Waals surface area contributed by atoms with Crippen LogP contribution in [0.1, 0.15) is 24.1 Å². The number of hydrogen-bond acceptors (Lipinski definition) is 4. The highest BCUT2D eigenvalue weighted by Crippen LogP contribution is 2.33. The molecule has 0 spiro atoms. The highest BCUT2D eigenvalue weighted by molar-refractivity contribution is 5.71. The van der Waals surface area contributed by atoms with Gasteiger partial charge in [0.15, 0.2) is 0 Å². The Kier molecular flexibility index (Phi) is 7.07. The Bertz CT molecular complexity index is 1000. The van der Waals surface area contributed by atoms with Gasteiger partial charge in [-0.05, 0) is 60.0 Å². The van der Waals surface area contributed by atoms with E-state index < -0.39 is 6.36 Å². The van der Waals surface area contributed by atoms with E-state index in [1.54, 1.807) is 26.4 Å². The van der Waals surface area contributed by atoms with E-state index in [0.29, 0.717) is 12.3 Å². The lowest BCUT2D eigenvalue weighted by Gasteiger charge is -2.17. The van der Waals surface area contributed by atoms with Crippen molar-refractivity contribution in [3.63, 3.8) is 0 Å². The average Bonchev–Trinajstić information content (AvgIpc) is 2.76. The lowest BCUT2D eigenvalue weighted by Crippen LogP contribution is -2.18. The molecule has 1 N–H and O–H groups in total. The van der Waals surface area contributed by atoms with Crippen molar-refractivity contribution in [3.05, 3.63) is 77.9 Å². The van der Waals surface area contributed by atoms with Gasteiger partial charge < -0.3 is 19.5 Å². The van der Waals surface area contributed by atoms with Crippen LogP contribution in [0.5, 0.6) is 17.2 Å². The first kappa shape index (κ1) is 22.5. The molecule has 7 heteroatoms. The molecule has 3 aromatic carbocycles. The number of rotatable bonds is 8. The maximum atomic E-state index is 12.4. The van der Waals surface area contributed by atoms with Crippen LogP contribution in [0.15, 0.2) is 66.7 Å². The molecule has 0 amide bonds. The van der Waals surface area contributed by atoms with Gasteiger partial charge in [-0.15, -0.1) is 13.2 Å². The number of halogens is 3. The zero-order valence-electron chi connectivity index (χ0n) is 17.5. The minimum atomic E-state index is -4.72. The topological polar surface area (TPSA) is 39.7 Å². The number of nitrogens with one attached hydrogen (secondary N) is 1. The monoisotopic (exact) mass is 431 g/mol. The first-order valence-corrected chi connectivity index (χ1v) is 9.69. The van der Waals surface area contributed by atoms with Gasteiger partial charge in [0, 0.05) is 18.2 Å². The fourth-order valence-electron chi connectivity index (χ4n) is 3.23. The van der Waals surface area contributed by atoms with Crippen LogP contribution in [0.25, 0.3) is 11.1 Å². The predicted molar refractivity (Wildman–Crippen MR) is 113 cm³/mol. The van der Waals surface area contributed by atoms with Gasteiger partial charge in [0.1, 0.15) is 17.2 Å². The Labute approximate surface area is 179 Å². The summed E-state index contributed by atoms with van der Waals surface area (Å²) < 4.78 is 51.9. The fraction of sp³-hybridized carbons (Fsp3) is 0.250. The molecule has 0 heterocycles. The lowest BCUT2D eigenvalue weighted by molar-refractivity contribution is -0.274. The van der Waals surface area contributed by atoms with Crippen LogP contribution in [0.2, 0.25) is 0 Å². The maximum absolute atomic E-state index is 12.4. The smallest absolute Gasteiger partial charge is 0.497 e. The van der Waals surface area contributed by atoms with Gasteiger partial charge >= 0.3 is 6.36 Å². The third-order valence-electron chi connectivity index (χ3n) is 4.87. The third-order valence-corrected chi connectivity index (χ3v) is 4.87. The minimum Gasteiger partial charge on any atom is -0.497 e. The van der Waals surface area contributed by atoms with Crippen molar-refractivity contribution >= 4 is 0 Å². The number of ether oxygens (including phenoxy) is 3. The summed E-state index contributed by atoms with van der Waals surface area (Å²) in [5, 5.41) is 3.48. The molecule has 4 nitrogen and oxygen atoms in total. The highest BCUT2D eigenvalue weighted by Gasteiger charge is 2.31. The van der Waals surface area contributed by atoms with Crippen LogP contribution in [0.4, 0.5) is 13.2 Å². The van der Waals surface area contributed by atoms with Gasteiger partial charge in [-0.3, -0.25) is 0 Å². The van der Waals surface area contributed by atoms with Gasteiger partial charge in [0.25, 0.3) is 0 Å². The zero-order chi connectivity index (χ0) is 22.4. The molecule has 0 aromatic heterocycles. The standard InChI is InChI=1S/C24H24F3NO3/c1-16(19-5-4-6-21(14-19)29-2)28-15-17-7-12-23(30-3)22(13-17)18-8-10-20(11-9-18)31-24(25,26)27/h4-14,16,28H,15H2,1-3H3/t16-/m1/s1. The van der Waals surface area contributed by atoms with Crippen LogP contribution in [0, 0.1) is 0 Å². The van der Waals surface area contributed by atoms with Crippen molar-refractivity contribution < 1.29 is 27.4 Å². The molecular formula is C24H24F3NO3. The number of benzene rings is 3. The molecule has 0 saturated heterocycles. The molecule has 0 unspecified atom stereocenters. The van der Waals surface area contributed by atoms with Crippen molar-refractivity contribution in [2.24, 2.45) is 0 Å². The first-order valence-electron chi connectivity index (χ1n) is 9.69. The SMILES string of the molecule is COc1cccc([C@@H](C)NCc2ccc(OC)c(-c3ccc(OC(F)(F)F)cc3)c2)c1. The Morgan fingerprint density at radius 1 is 0.871 bits per heavy atom. The first-order chi connectivity index (χ1) is 14.8. The quantitative estimate of drug-likeness (QED) is 0.466. The van der Waals surface area contributed by atoms with Crippen molar-refractivity contribution in [2.75, 3.05) is 14.2 Å². The van der Waals surface area contributed by atoms with E-state index in [1.165, 1.54) is 12.1 Å². The Morgan fingerprint density at radius 3 is 2.26 bits per heavy atom. The van der Waals surface area contributed by atoms with Gasteiger partial charge in [-0.1, -0.05) is 30.3 Å². The molecule has 3 aromatic rings. The van der Waals surface area contributed by atoms with Gasteiger partial charge in [0.2, 0.25) is 0 Å². The van der Waals surface area contributed by atoms with Crippen LogP contribution in [-0.4, -0.2) is 20.6 Å². The Morgan fingerprint density at radius 2 is 1.61 bits per heavy atom. The number of hydrogen-bond donors (Lipinski definition) is 1. The molecule has 0 saturated carbocycles. The number of alkyl halides is 3. The second-order valence-corrected chi connectivity index (χ2v) is 6.99. The second-order valence-electron chi connectivity index (χ2n) is 6.99. The van der Waals surface area contributed by atoms with Crippen molar-refractivity contribution in [2.45, 2.75) is 25.9 Å². The highest BCUT2D eigenvalue weighted by atomic mass is 19.4. The molecule has 1 atom stereocenters. The minimum absolute atomic E-state index is 0.0967. The van der Waals surface area contributed by atoms with Gasteiger partial charge in [0.05, 0.1) is 14.2 Å². The van der Waals surface area contributed by atoms with E-state index in [-0.39, 0.29) is 11.8 Å². The van der Waals surface area contributed by atoms with E-state index in [9.17, 15) is 13.2 Å². The normalized spacial score (nSPS) is 12.3. The summed E-state index contributed by atoms with van der Waals surface area (Å²) in [5.74, 6) is 1.17. The third kappa shape index (κ3) is 6.15. The van der Waals surface area contributed by atoms with Crippen LogP contribution in [-0.2, 0) is 6.54 Å². The van der Waals surface area contributed by atoms with Crippen LogP contribution < -0.4 is 19.5 Å². The summed E-state index contributed by atoms with van der Waals surface area (Å²) >= 11 is 0. The molecule has 0 aliphatic rings. The molecule has 164 valence electrons. The summed E-state index contributed by atoms with van der Waals surface area (Å²) in [6, 6.07) is 19.5. The van der Waals surface area contributed by atoms with E-state index in [1.807, 2.05) is 42.5 Å². The lowest BCUT2D eigenvalue weighted by atomic mass is 10.0. The molecule has 3 rings (SSSR count). The molecule has 0 bridgehead atoms. The van der Waals surface area contributed by atoms with E-state index in [2.05, 4.69) is 17.0 Å². The van der Waals surface area contributed by atoms with Crippen molar-refractivity contribution in [1.82, 2.24) is 5.32 Å². The van der Waals surface area contributed by atoms with Gasteiger partial charge in [-0.2, -0.15) is 0 Å². The summed E-state index contributed by atoms with van der Waals surface area (Å²) in [6.07, 6.45) is -4.72. The van der Waals surface area contributed by atoms with E-state index in [4.69, 9.17) is 9.47 Å². The molecule has 0 fully saturated rings. The van der Waals surface area contributed by atoms with E-state index in [0.717, 1.165) is 28.0 Å². The second kappa shape index (κ2) is 9.75. The molecule has 31 heavy (non-hydrogen) atoms. The van der Waals surface area contributed by atoms with Crippen molar-refractivity contribution in [1.29, 1.82) is 0 Å². The average molecular weight is 431 g/mol. The predicted octanol–water partition coefficient (Wildman–Crippen LogP) is 6.12. The summed E-state index contributed by atoms with van der Waals surface area (Å²) in [5.41, 5.74) is 3.64. The summed E-state index contributed by atoms with van der Waals surface area (Å²) in [7, 11) is 3.20. The van der Waals surface area contributed by atoms with E-state index >= 15 is 0 Å². The molecular weight excluding hydrogens is 407 g/mol. The zero-order valence-corrected chi connectivity index (χ0v) is 17.5. The largest absolute Gasteiger partial charge is 0.573 e. The molecule has 0 radical (unpaired) electrons. The number of methoxy groups -OCH3 is 2. The fourth-order valence-corrected chi connectivity index (χ4v) is 3.23. The summed E-state index contributed by atoms with van der Waals surface area (Å²) in [4.78, 5) is 0. The Hall–Kier alpha value is -3.19. The van der Waals surface area contributed by atoms with Crippen molar-refractivity contribution in [3.8, 4) is 28.4 Å². The van der Waals surface area contributed by atoms with Gasteiger partial charge in [-0.25, -0.2) is 0 Å². The summed E-state index contributed by atoms with van der Waals surface area (Å²) in [6.45, 7) is 2.67. The molecule has 0 aliphatic heterocycles. The molecule has 0 aliphatic carbocycles. The van der Waals surface area contributed by atoms with Crippen LogP contribution >= 0.6 is 0 Å². The van der Waals surface area contributed by atoms with Crippen LogP contribution in [0.3, 0.4) is 0 Å². The Balaban J connectivity index is 1.75. The maximum Gasteiger partial charge on any atom is 0.573 e.